The number of hydrazine groups is 1. The number of phenols is 1. The molecule has 6 atom stereocenters. The van der Waals surface area contributed by atoms with Gasteiger partial charge in [0.1, 0.15) is 35.8 Å². The molecule has 3 N–H and O–H groups in total. The first-order valence-electron chi connectivity index (χ1n) is 24.4. The normalized spacial score (nSPS) is 22.8. The van der Waals surface area contributed by atoms with E-state index in [1.54, 1.807) is 32.5 Å². The largest absolute Gasteiger partial charge is 0.508 e. The zero-order valence-electron chi connectivity index (χ0n) is 41.3. The van der Waals surface area contributed by atoms with Crippen LogP contribution in [0.5, 0.6) is 5.75 Å². The summed E-state index contributed by atoms with van der Waals surface area (Å²) in [7, 11) is 3.30. The van der Waals surface area contributed by atoms with E-state index in [2.05, 4.69) is 54.3 Å². The lowest BCUT2D eigenvalue weighted by molar-refractivity contribution is -0.150. The number of phenolic OH excluding ortho intramolecular Hbond substituents is 1. The van der Waals surface area contributed by atoms with Crippen LogP contribution in [0.3, 0.4) is 0 Å². The Hall–Kier alpha value is -5.93. The molecule has 2 saturated heterocycles. The minimum Gasteiger partial charge on any atom is -0.508 e. The summed E-state index contributed by atoms with van der Waals surface area (Å²) in [6, 6.07) is 23.3. The first-order valence-corrected chi connectivity index (χ1v) is 24.4. The molecule has 14 nitrogen and oxygen atoms in total. The number of methoxy groups -OCH3 is 1. The Morgan fingerprint density at radius 2 is 1.83 bits per heavy atom. The van der Waals surface area contributed by atoms with Gasteiger partial charge in [0.25, 0.3) is 11.8 Å². The summed E-state index contributed by atoms with van der Waals surface area (Å²) in [6.07, 6.45) is 3.80. The SMILES string of the molecule is CCn1c(-c2cccnc2[C@H](C)OC)c2c3cc(ccc31)-c1cc(O)cc(c1)C[C@H](NC(=O)[C@H](C(C)C)N(C)C(=O)[C@H]1OCC[C@H]1c1ccccc1)C(=O)N1CCC[C@](C=O)(COCC(C)(C)C2)N1. The molecule has 3 amide bonds. The quantitative estimate of drug-likeness (QED) is 0.113. The molecular weight excluding hydrogens is 873 g/mol. The lowest BCUT2D eigenvalue weighted by atomic mass is 9.84. The molecule has 2 fully saturated rings. The number of aromatic hydroxyl groups is 1. The standard InChI is InChI=1S/C55H68N6O8/c1-9-60-46-19-18-38-29-43(46)44(49(60)42-17-13-22-56-47(42)35(4)67-8)30-54(5,6)32-68-33-55(31-62)21-14-23-61(58-55)52(65)45(27-36-25-39(38)28-40(63)26-36)57-51(64)48(34(2)3)59(7)53(66)50-41(20-24-69-50)37-15-11-10-12-16-37/h10-13,15-19,22,25-26,28-29,31,34-35,41,45,48,50,58,63H,9,14,20-21,23-24,27,30,32-33H2,1-8H3,(H,57,64)/t35-,41-,45-,48-,50-,55-/m0/s1. The van der Waals surface area contributed by atoms with Gasteiger partial charge in [-0.05, 0) is 115 Å². The van der Waals surface area contributed by atoms with Crippen LogP contribution in [-0.4, -0.2) is 113 Å². The van der Waals surface area contributed by atoms with Crippen LogP contribution in [0, 0.1) is 11.3 Å². The highest BCUT2D eigenvalue weighted by Gasteiger charge is 2.43. The highest BCUT2D eigenvalue weighted by Crippen LogP contribution is 2.42. The average molecular weight is 941 g/mol. The molecule has 3 aromatic carbocycles. The number of nitrogens with one attached hydrogen (secondary N) is 2. The number of carbonyl (C=O) groups is 4. The predicted octanol–water partition coefficient (Wildman–Crippen LogP) is 7.55. The highest BCUT2D eigenvalue weighted by molar-refractivity contribution is 5.96. The van der Waals surface area contributed by atoms with Crippen molar-refractivity contribution in [1.82, 2.24) is 30.2 Å². The van der Waals surface area contributed by atoms with Crippen molar-refractivity contribution in [3.05, 3.63) is 107 Å². The van der Waals surface area contributed by atoms with Gasteiger partial charge in [0, 0.05) is 68.9 Å². The Balaban J connectivity index is 1.21. The number of nitrogens with zero attached hydrogens (tertiary/aromatic N) is 4. The van der Waals surface area contributed by atoms with Crippen molar-refractivity contribution in [2.24, 2.45) is 11.3 Å². The first-order chi connectivity index (χ1) is 33.1. The van der Waals surface area contributed by atoms with Gasteiger partial charge in [0.2, 0.25) is 5.91 Å². The second-order valence-electron chi connectivity index (χ2n) is 20.3. The second kappa shape index (κ2) is 20.6. The molecule has 3 aliphatic rings. The van der Waals surface area contributed by atoms with Gasteiger partial charge in [0.15, 0.2) is 0 Å². The molecule has 6 bridgehead atoms. The molecule has 366 valence electrons. The lowest BCUT2D eigenvalue weighted by Gasteiger charge is -2.42. The maximum Gasteiger partial charge on any atom is 0.259 e. The van der Waals surface area contributed by atoms with E-state index in [-0.39, 0.29) is 49.2 Å². The Morgan fingerprint density at radius 1 is 1.04 bits per heavy atom. The maximum absolute atomic E-state index is 15.0. The molecule has 14 heteroatoms. The molecule has 5 heterocycles. The molecule has 0 radical (unpaired) electrons. The maximum atomic E-state index is 15.0. The molecule has 2 aromatic heterocycles. The zero-order valence-corrected chi connectivity index (χ0v) is 41.3. The van der Waals surface area contributed by atoms with Gasteiger partial charge in [-0.2, -0.15) is 0 Å². The third kappa shape index (κ3) is 10.2. The van der Waals surface area contributed by atoms with Crippen LogP contribution in [0.2, 0.25) is 0 Å². The number of fused-ring (bicyclic) bond motifs is 6. The topological polar surface area (TPSA) is 165 Å². The Morgan fingerprint density at radius 3 is 2.55 bits per heavy atom. The summed E-state index contributed by atoms with van der Waals surface area (Å²) < 4.78 is 20.7. The van der Waals surface area contributed by atoms with Gasteiger partial charge in [-0.3, -0.25) is 24.4 Å². The molecule has 0 spiro atoms. The van der Waals surface area contributed by atoms with Crippen molar-refractivity contribution in [2.45, 2.75) is 116 Å². The van der Waals surface area contributed by atoms with Crippen LogP contribution in [0.4, 0.5) is 0 Å². The van der Waals surface area contributed by atoms with Gasteiger partial charge in [-0.15, -0.1) is 0 Å². The summed E-state index contributed by atoms with van der Waals surface area (Å²) in [5.74, 6) is -1.79. The number of ether oxygens (including phenoxy) is 3. The third-order valence-corrected chi connectivity index (χ3v) is 14.3. The van der Waals surface area contributed by atoms with E-state index in [9.17, 15) is 24.3 Å². The number of hydrogen-bond donors (Lipinski definition) is 3. The molecule has 69 heavy (non-hydrogen) atoms. The predicted molar refractivity (Wildman–Crippen MR) is 265 cm³/mol. The molecular formula is C55H68N6O8. The number of aryl methyl sites for hydroxylation is 1. The third-order valence-electron chi connectivity index (χ3n) is 14.3. The Labute approximate surface area is 405 Å². The van der Waals surface area contributed by atoms with Gasteiger partial charge < -0.3 is 38.9 Å². The van der Waals surface area contributed by atoms with Crippen LogP contribution in [-0.2, 0) is 52.8 Å². The number of hydrogen-bond acceptors (Lipinski definition) is 10. The number of carbonyl (C=O) groups excluding carboxylic acids is 4. The highest BCUT2D eigenvalue weighted by atomic mass is 16.5. The van der Waals surface area contributed by atoms with Crippen LogP contribution < -0.4 is 10.7 Å². The van der Waals surface area contributed by atoms with Gasteiger partial charge in [-0.25, -0.2) is 5.43 Å². The molecule has 0 aliphatic carbocycles. The number of aldehydes is 1. The van der Waals surface area contributed by atoms with E-state index in [1.807, 2.05) is 69.3 Å². The van der Waals surface area contributed by atoms with Gasteiger partial charge in [0.05, 0.1) is 30.7 Å². The summed E-state index contributed by atoms with van der Waals surface area (Å²) in [6.45, 7) is 13.9. The fraction of sp³-hybridized carbons (Fsp3) is 0.473. The lowest BCUT2D eigenvalue weighted by Crippen LogP contribution is -2.66. The summed E-state index contributed by atoms with van der Waals surface area (Å²) in [5.41, 5.74) is 9.76. The minimum atomic E-state index is -1.22. The van der Waals surface area contributed by atoms with Crippen molar-refractivity contribution >= 4 is 34.9 Å². The molecule has 0 saturated carbocycles. The van der Waals surface area contributed by atoms with Crippen LogP contribution >= 0.6 is 0 Å². The summed E-state index contributed by atoms with van der Waals surface area (Å²) in [4.78, 5) is 63.4. The van der Waals surface area contributed by atoms with Crippen molar-refractivity contribution in [3.63, 3.8) is 0 Å². The van der Waals surface area contributed by atoms with Crippen LogP contribution in [0.15, 0.2) is 85.1 Å². The van der Waals surface area contributed by atoms with E-state index in [0.29, 0.717) is 51.0 Å². The van der Waals surface area contributed by atoms with Crippen molar-refractivity contribution in [3.8, 4) is 28.1 Å². The summed E-state index contributed by atoms with van der Waals surface area (Å²) >= 11 is 0. The van der Waals surface area contributed by atoms with Crippen molar-refractivity contribution in [2.75, 3.05) is 40.5 Å². The van der Waals surface area contributed by atoms with E-state index < -0.39 is 41.0 Å². The summed E-state index contributed by atoms with van der Waals surface area (Å²) in [5, 5.41) is 16.9. The van der Waals surface area contributed by atoms with Gasteiger partial charge >= 0.3 is 0 Å². The number of likely N-dealkylation sites (N-methyl/N-ethyl adjacent to an activating group) is 1. The molecule has 3 aliphatic heterocycles. The van der Waals surface area contributed by atoms with E-state index in [0.717, 1.165) is 56.4 Å². The second-order valence-corrected chi connectivity index (χ2v) is 20.3. The average Bonchev–Trinajstić information content (AvgIpc) is 3.95. The van der Waals surface area contributed by atoms with Crippen molar-refractivity contribution in [1.29, 1.82) is 0 Å². The smallest absolute Gasteiger partial charge is 0.259 e. The number of benzene rings is 3. The first kappa shape index (κ1) is 49.5. The minimum absolute atomic E-state index is 0.000561. The van der Waals surface area contributed by atoms with E-state index in [1.165, 1.54) is 9.91 Å². The monoisotopic (exact) mass is 941 g/mol. The Bertz CT molecular complexity index is 2680. The molecule has 0 unspecified atom stereocenters. The van der Waals surface area contributed by atoms with E-state index >= 15 is 0 Å². The molecule has 5 aromatic rings. The number of aromatic nitrogens is 2. The molecule has 8 rings (SSSR count). The Kier molecular flexibility index (Phi) is 14.8. The number of pyridine rings is 1. The fourth-order valence-corrected chi connectivity index (χ4v) is 10.8. The van der Waals surface area contributed by atoms with Crippen LogP contribution in [0.1, 0.15) is 95.2 Å². The van der Waals surface area contributed by atoms with Crippen LogP contribution in [0.25, 0.3) is 33.3 Å². The van der Waals surface area contributed by atoms with Crippen molar-refractivity contribution < 1.29 is 38.5 Å². The fourth-order valence-electron chi connectivity index (χ4n) is 10.8. The van der Waals surface area contributed by atoms with E-state index in [4.69, 9.17) is 19.2 Å². The number of amides is 3. The van der Waals surface area contributed by atoms with Gasteiger partial charge in [-0.1, -0.05) is 70.2 Å². The zero-order chi connectivity index (χ0) is 49.2. The number of rotatable bonds is 11.